The van der Waals surface area contributed by atoms with E-state index in [1.165, 1.54) is 0 Å². The van der Waals surface area contributed by atoms with E-state index in [1.807, 2.05) is 25.1 Å². The number of nitrogens with zero attached hydrogens (tertiary/aromatic N) is 1. The number of anilines is 1. The number of aryl methyl sites for hydroxylation is 1. The minimum Gasteiger partial charge on any atom is -0.379 e. The fraction of sp³-hybridized carbons (Fsp3) is 0.533. The van der Waals surface area contributed by atoms with E-state index < -0.39 is 0 Å². The zero-order chi connectivity index (χ0) is 14.4. The lowest BCUT2D eigenvalue weighted by Gasteiger charge is -2.26. The molecule has 0 bridgehead atoms. The van der Waals surface area contributed by atoms with Gasteiger partial charge >= 0.3 is 0 Å². The highest BCUT2D eigenvalue weighted by molar-refractivity contribution is 9.10. The van der Waals surface area contributed by atoms with Gasteiger partial charge in [0, 0.05) is 29.7 Å². The average Bonchev–Trinajstić information content (AvgIpc) is 2.43. The van der Waals surface area contributed by atoms with E-state index in [9.17, 15) is 4.79 Å². The molecule has 110 valence electrons. The van der Waals surface area contributed by atoms with Crippen molar-refractivity contribution >= 4 is 27.5 Å². The van der Waals surface area contributed by atoms with Crippen molar-refractivity contribution in [2.45, 2.75) is 19.8 Å². The summed E-state index contributed by atoms with van der Waals surface area (Å²) in [4.78, 5) is 14.3. The number of rotatable bonds is 5. The van der Waals surface area contributed by atoms with Crippen molar-refractivity contribution in [3.05, 3.63) is 28.2 Å². The third-order valence-electron chi connectivity index (χ3n) is 3.44. The van der Waals surface area contributed by atoms with Gasteiger partial charge in [-0.15, -0.1) is 0 Å². The molecule has 0 saturated carbocycles. The molecule has 4 nitrogen and oxygen atoms in total. The van der Waals surface area contributed by atoms with Crippen LogP contribution in [0.1, 0.15) is 18.4 Å². The Kier molecular flexibility index (Phi) is 6.01. The molecular formula is C15H21BrN2O2. The first-order valence-electron chi connectivity index (χ1n) is 7.01. The van der Waals surface area contributed by atoms with E-state index in [0.717, 1.165) is 55.0 Å². The Bertz CT molecular complexity index is 459. The first-order valence-corrected chi connectivity index (χ1v) is 7.80. The summed E-state index contributed by atoms with van der Waals surface area (Å²) in [6.07, 6.45) is 1.45. The van der Waals surface area contributed by atoms with Crippen LogP contribution in [0.2, 0.25) is 0 Å². The molecule has 0 aliphatic carbocycles. The van der Waals surface area contributed by atoms with Gasteiger partial charge in [-0.05, 0) is 43.7 Å². The number of amides is 1. The second-order valence-electron chi connectivity index (χ2n) is 5.06. The molecule has 1 heterocycles. The molecule has 1 saturated heterocycles. The van der Waals surface area contributed by atoms with Crippen molar-refractivity contribution in [1.82, 2.24) is 4.90 Å². The monoisotopic (exact) mass is 340 g/mol. The van der Waals surface area contributed by atoms with Crippen molar-refractivity contribution in [2.24, 2.45) is 0 Å². The van der Waals surface area contributed by atoms with E-state index >= 15 is 0 Å². The van der Waals surface area contributed by atoms with E-state index in [1.54, 1.807) is 0 Å². The van der Waals surface area contributed by atoms with Crippen molar-refractivity contribution in [1.29, 1.82) is 0 Å². The molecule has 5 heteroatoms. The van der Waals surface area contributed by atoms with Crippen molar-refractivity contribution < 1.29 is 9.53 Å². The lowest BCUT2D eigenvalue weighted by atomic mass is 10.2. The predicted octanol–water partition coefficient (Wildman–Crippen LogP) is 2.81. The molecule has 0 atom stereocenters. The number of halogens is 1. The Labute approximate surface area is 128 Å². The summed E-state index contributed by atoms with van der Waals surface area (Å²) in [5.74, 6) is 0.0867. The number of carbonyl (C=O) groups is 1. The highest BCUT2D eigenvalue weighted by atomic mass is 79.9. The molecule has 1 amide bonds. The highest BCUT2D eigenvalue weighted by Crippen LogP contribution is 2.20. The number of hydrogen-bond donors (Lipinski definition) is 1. The van der Waals surface area contributed by atoms with Gasteiger partial charge in [0.1, 0.15) is 0 Å². The topological polar surface area (TPSA) is 41.6 Å². The summed E-state index contributed by atoms with van der Waals surface area (Å²) in [6.45, 7) is 6.54. The maximum Gasteiger partial charge on any atom is 0.224 e. The third kappa shape index (κ3) is 4.89. The van der Waals surface area contributed by atoms with Crippen LogP contribution in [0.25, 0.3) is 0 Å². The molecule has 20 heavy (non-hydrogen) atoms. The van der Waals surface area contributed by atoms with Crippen LogP contribution in [-0.4, -0.2) is 43.7 Å². The molecule has 1 aromatic carbocycles. The number of carbonyl (C=O) groups excluding carboxylic acids is 1. The maximum atomic E-state index is 11.9. The Morgan fingerprint density at radius 3 is 2.85 bits per heavy atom. The molecule has 1 aliphatic heterocycles. The average molecular weight is 341 g/mol. The van der Waals surface area contributed by atoms with E-state index in [4.69, 9.17) is 4.74 Å². The Hall–Kier alpha value is -0.910. The Morgan fingerprint density at radius 1 is 1.40 bits per heavy atom. The van der Waals surface area contributed by atoms with Crippen LogP contribution in [0.3, 0.4) is 0 Å². The fourth-order valence-corrected chi connectivity index (χ4v) is 2.74. The van der Waals surface area contributed by atoms with Crippen molar-refractivity contribution in [2.75, 3.05) is 38.2 Å². The summed E-state index contributed by atoms with van der Waals surface area (Å²) >= 11 is 3.42. The van der Waals surface area contributed by atoms with Gasteiger partial charge in [0.2, 0.25) is 5.91 Å². The van der Waals surface area contributed by atoms with E-state index in [0.29, 0.717) is 6.42 Å². The first kappa shape index (κ1) is 15.5. The van der Waals surface area contributed by atoms with Crippen LogP contribution in [0.5, 0.6) is 0 Å². The van der Waals surface area contributed by atoms with Gasteiger partial charge in [0.15, 0.2) is 0 Å². The molecule has 1 aliphatic rings. The highest BCUT2D eigenvalue weighted by Gasteiger charge is 2.11. The lowest BCUT2D eigenvalue weighted by Crippen LogP contribution is -2.37. The number of benzene rings is 1. The van der Waals surface area contributed by atoms with Gasteiger partial charge in [-0.25, -0.2) is 0 Å². The van der Waals surface area contributed by atoms with Crippen molar-refractivity contribution in [3.8, 4) is 0 Å². The molecule has 1 fully saturated rings. The second-order valence-corrected chi connectivity index (χ2v) is 5.98. The number of morpholine rings is 1. The van der Waals surface area contributed by atoms with Gasteiger partial charge < -0.3 is 10.1 Å². The smallest absolute Gasteiger partial charge is 0.224 e. The second kappa shape index (κ2) is 7.76. The largest absolute Gasteiger partial charge is 0.379 e. The summed E-state index contributed by atoms with van der Waals surface area (Å²) in [7, 11) is 0. The Morgan fingerprint density at radius 2 is 2.15 bits per heavy atom. The van der Waals surface area contributed by atoms with E-state index in [2.05, 4.69) is 26.1 Å². The molecule has 0 unspecified atom stereocenters. The first-order chi connectivity index (χ1) is 9.65. The zero-order valence-corrected chi connectivity index (χ0v) is 13.4. The minimum absolute atomic E-state index is 0.0867. The maximum absolute atomic E-state index is 11.9. The Balaban J connectivity index is 1.72. The summed E-state index contributed by atoms with van der Waals surface area (Å²) in [5, 5.41) is 2.97. The van der Waals surface area contributed by atoms with Crippen molar-refractivity contribution in [3.63, 3.8) is 0 Å². The molecule has 1 aromatic rings. The standard InChI is InChI=1S/C15H21BrN2O2/c1-12-11-13(16)4-5-14(12)17-15(19)3-2-6-18-7-9-20-10-8-18/h4-5,11H,2-3,6-10H2,1H3,(H,17,19). The van der Waals surface area contributed by atoms with Crippen LogP contribution < -0.4 is 5.32 Å². The summed E-state index contributed by atoms with van der Waals surface area (Å²) in [6, 6.07) is 5.87. The number of ether oxygens (including phenoxy) is 1. The van der Waals surface area contributed by atoms with E-state index in [-0.39, 0.29) is 5.91 Å². The van der Waals surface area contributed by atoms with Gasteiger partial charge in [0.25, 0.3) is 0 Å². The molecule has 0 spiro atoms. The minimum atomic E-state index is 0.0867. The van der Waals surface area contributed by atoms with Crippen LogP contribution in [0, 0.1) is 6.92 Å². The zero-order valence-electron chi connectivity index (χ0n) is 11.8. The van der Waals surface area contributed by atoms with Gasteiger partial charge in [-0.3, -0.25) is 9.69 Å². The normalized spacial score (nSPS) is 16.1. The molecule has 0 radical (unpaired) electrons. The van der Waals surface area contributed by atoms with Crippen LogP contribution >= 0.6 is 15.9 Å². The van der Waals surface area contributed by atoms with Crippen LogP contribution in [0.4, 0.5) is 5.69 Å². The summed E-state index contributed by atoms with van der Waals surface area (Å²) < 4.78 is 6.33. The van der Waals surface area contributed by atoms with Gasteiger partial charge in [-0.1, -0.05) is 15.9 Å². The van der Waals surface area contributed by atoms with Gasteiger partial charge in [0.05, 0.1) is 13.2 Å². The number of nitrogens with one attached hydrogen (secondary N) is 1. The quantitative estimate of drug-likeness (QED) is 0.896. The third-order valence-corrected chi connectivity index (χ3v) is 3.94. The fourth-order valence-electron chi connectivity index (χ4n) is 2.27. The molecular weight excluding hydrogens is 320 g/mol. The van der Waals surface area contributed by atoms with Crippen LogP contribution in [-0.2, 0) is 9.53 Å². The number of hydrogen-bond acceptors (Lipinski definition) is 3. The lowest BCUT2D eigenvalue weighted by molar-refractivity contribution is -0.116. The molecule has 0 aromatic heterocycles. The van der Waals surface area contributed by atoms with Gasteiger partial charge in [-0.2, -0.15) is 0 Å². The van der Waals surface area contributed by atoms with Crippen LogP contribution in [0.15, 0.2) is 22.7 Å². The predicted molar refractivity (Wildman–Crippen MR) is 84.0 cm³/mol. The summed E-state index contributed by atoms with van der Waals surface area (Å²) in [5.41, 5.74) is 1.96. The molecule has 1 N–H and O–H groups in total. The molecule has 2 rings (SSSR count). The SMILES string of the molecule is Cc1cc(Br)ccc1NC(=O)CCCN1CCOCC1.